The fraction of sp³-hybridized carbons (Fsp3) is 0.462. The lowest BCUT2D eigenvalue weighted by Gasteiger charge is -2.12. The quantitative estimate of drug-likeness (QED) is 0.767. The van der Waals surface area contributed by atoms with Crippen LogP contribution in [0, 0.1) is 11.7 Å². The molecule has 5 nitrogen and oxygen atoms in total. The highest BCUT2D eigenvalue weighted by molar-refractivity contribution is 9.10. The molecule has 2 N–H and O–H groups in total. The number of halogens is 2. The van der Waals surface area contributed by atoms with Gasteiger partial charge in [0.05, 0.1) is 12.2 Å². The molecule has 1 rings (SSSR count). The zero-order chi connectivity index (χ0) is 16.2. The van der Waals surface area contributed by atoms with Crippen LogP contribution in [0.15, 0.2) is 21.5 Å². The molecular weight excluding hydrogens is 365 g/mol. The van der Waals surface area contributed by atoms with Crippen molar-refractivity contribution in [3.63, 3.8) is 0 Å². The number of esters is 1. The number of ether oxygens (including phenoxy) is 1. The lowest BCUT2D eigenvalue weighted by Crippen LogP contribution is -2.18. The largest absolute Gasteiger partial charge is 0.462 e. The summed E-state index contributed by atoms with van der Waals surface area (Å²) in [5.41, 5.74) is -0.461. The number of primary sulfonamides is 1. The molecule has 8 heteroatoms. The number of sulfonamides is 1. The van der Waals surface area contributed by atoms with E-state index in [1.54, 1.807) is 0 Å². The lowest BCUT2D eigenvalue weighted by atomic mass is 10.1. The van der Waals surface area contributed by atoms with Crippen LogP contribution in [0.2, 0.25) is 0 Å². The van der Waals surface area contributed by atoms with Gasteiger partial charge in [0.2, 0.25) is 10.0 Å². The molecule has 0 aliphatic rings. The fourth-order valence-electron chi connectivity index (χ4n) is 1.79. The van der Waals surface area contributed by atoms with E-state index in [2.05, 4.69) is 15.9 Å². The molecule has 0 saturated heterocycles. The summed E-state index contributed by atoms with van der Waals surface area (Å²) in [6.07, 6.45) is 1.82. The smallest absolute Gasteiger partial charge is 0.341 e. The minimum absolute atomic E-state index is 0.142. The molecule has 0 aliphatic heterocycles. The molecule has 1 aromatic carbocycles. The first kappa shape index (κ1) is 18.1. The van der Waals surface area contributed by atoms with E-state index in [9.17, 15) is 17.6 Å². The van der Waals surface area contributed by atoms with Crippen molar-refractivity contribution in [3.05, 3.63) is 28.0 Å². The van der Waals surface area contributed by atoms with Crippen LogP contribution in [0.5, 0.6) is 0 Å². The molecule has 0 heterocycles. The molecule has 21 heavy (non-hydrogen) atoms. The van der Waals surface area contributed by atoms with Gasteiger partial charge >= 0.3 is 5.97 Å². The van der Waals surface area contributed by atoms with Gasteiger partial charge in [0, 0.05) is 4.47 Å². The van der Waals surface area contributed by atoms with Gasteiger partial charge in [0.1, 0.15) is 4.90 Å². The molecule has 0 aromatic heterocycles. The van der Waals surface area contributed by atoms with Crippen LogP contribution < -0.4 is 5.14 Å². The predicted molar refractivity (Wildman–Crippen MR) is 79.8 cm³/mol. The van der Waals surface area contributed by atoms with Crippen molar-refractivity contribution in [2.45, 2.75) is 31.6 Å². The van der Waals surface area contributed by atoms with Gasteiger partial charge in [0.25, 0.3) is 0 Å². The Kier molecular flexibility index (Phi) is 6.30. The summed E-state index contributed by atoms with van der Waals surface area (Å²) in [6, 6.07) is 2.16. The summed E-state index contributed by atoms with van der Waals surface area (Å²) in [6.45, 7) is 4.05. The summed E-state index contributed by atoms with van der Waals surface area (Å²) in [7, 11) is -4.26. The van der Waals surface area contributed by atoms with E-state index in [-0.39, 0.29) is 17.0 Å². The maximum absolute atomic E-state index is 14.1. The number of hydrogen-bond acceptors (Lipinski definition) is 4. The number of nitrogens with two attached hydrogens (primary N) is 1. The summed E-state index contributed by atoms with van der Waals surface area (Å²) in [5.74, 6) is -1.97. The molecule has 0 amide bonds. The number of carbonyl (C=O) groups is 1. The van der Waals surface area contributed by atoms with E-state index in [4.69, 9.17) is 9.88 Å². The van der Waals surface area contributed by atoms with Crippen LogP contribution in [0.25, 0.3) is 0 Å². The first-order valence-electron chi connectivity index (χ1n) is 6.35. The van der Waals surface area contributed by atoms with E-state index in [1.807, 2.05) is 13.8 Å². The Bertz CT molecular complexity index is 633. The van der Waals surface area contributed by atoms with Gasteiger partial charge in [-0.25, -0.2) is 22.7 Å². The van der Waals surface area contributed by atoms with Crippen molar-refractivity contribution in [3.8, 4) is 0 Å². The Morgan fingerprint density at radius 1 is 1.48 bits per heavy atom. The van der Waals surface area contributed by atoms with Gasteiger partial charge in [0.15, 0.2) is 5.82 Å². The molecule has 1 aromatic rings. The Morgan fingerprint density at radius 2 is 2.10 bits per heavy atom. The highest BCUT2D eigenvalue weighted by atomic mass is 79.9. The van der Waals surface area contributed by atoms with Gasteiger partial charge in [-0.3, -0.25) is 0 Å². The van der Waals surface area contributed by atoms with Crippen LogP contribution in [-0.4, -0.2) is 21.0 Å². The molecular formula is C13H17BrFNO4S. The Morgan fingerprint density at radius 3 is 2.62 bits per heavy atom. The number of rotatable bonds is 6. The van der Waals surface area contributed by atoms with Crippen LogP contribution in [-0.2, 0) is 14.8 Å². The normalized spacial score (nSPS) is 13.0. The first-order chi connectivity index (χ1) is 9.66. The highest BCUT2D eigenvalue weighted by Crippen LogP contribution is 2.24. The molecule has 0 fully saturated rings. The lowest BCUT2D eigenvalue weighted by molar-refractivity contribution is 0.0437. The highest BCUT2D eigenvalue weighted by Gasteiger charge is 2.23. The van der Waals surface area contributed by atoms with Crippen LogP contribution in [0.4, 0.5) is 4.39 Å². The second kappa shape index (κ2) is 7.33. The van der Waals surface area contributed by atoms with Gasteiger partial charge < -0.3 is 4.74 Å². The molecule has 0 bridgehead atoms. The zero-order valence-corrected chi connectivity index (χ0v) is 14.1. The molecule has 0 spiro atoms. The van der Waals surface area contributed by atoms with Crippen molar-refractivity contribution in [1.29, 1.82) is 0 Å². The van der Waals surface area contributed by atoms with E-state index in [0.717, 1.165) is 25.0 Å². The standard InChI is InChI=1S/C13H17BrFNO4S/c1-3-4-8(2)7-20-13(17)10-5-9(14)6-11(12(10)15)21(16,18)19/h5-6,8H,3-4,7H2,1-2H3,(H2,16,18,19). The Hall–Kier alpha value is -0.990. The second-order valence-corrected chi connectivity index (χ2v) is 7.25. The maximum Gasteiger partial charge on any atom is 0.341 e. The van der Waals surface area contributed by atoms with E-state index in [0.29, 0.717) is 0 Å². The molecule has 0 radical (unpaired) electrons. The first-order valence-corrected chi connectivity index (χ1v) is 8.69. The van der Waals surface area contributed by atoms with Crippen molar-refractivity contribution >= 4 is 31.9 Å². The zero-order valence-electron chi connectivity index (χ0n) is 11.7. The number of benzene rings is 1. The second-order valence-electron chi connectivity index (χ2n) is 4.80. The molecule has 1 unspecified atom stereocenters. The molecule has 118 valence electrons. The topological polar surface area (TPSA) is 86.5 Å². The molecule has 0 saturated carbocycles. The average molecular weight is 382 g/mol. The minimum atomic E-state index is -4.26. The van der Waals surface area contributed by atoms with Crippen LogP contribution in [0.3, 0.4) is 0 Å². The Balaban J connectivity index is 3.03. The van der Waals surface area contributed by atoms with Crippen molar-refractivity contribution in [2.75, 3.05) is 6.61 Å². The SMILES string of the molecule is CCCC(C)COC(=O)c1cc(Br)cc(S(N)(=O)=O)c1F. The summed E-state index contributed by atoms with van der Waals surface area (Å²) < 4.78 is 41.9. The van der Waals surface area contributed by atoms with Crippen molar-refractivity contribution in [2.24, 2.45) is 11.1 Å². The monoisotopic (exact) mass is 381 g/mol. The molecule has 1 atom stereocenters. The van der Waals surface area contributed by atoms with Crippen LogP contribution >= 0.6 is 15.9 Å². The van der Waals surface area contributed by atoms with E-state index in [1.165, 1.54) is 0 Å². The third-order valence-electron chi connectivity index (χ3n) is 2.81. The van der Waals surface area contributed by atoms with Crippen LogP contribution in [0.1, 0.15) is 37.0 Å². The van der Waals surface area contributed by atoms with Gasteiger partial charge in [-0.15, -0.1) is 0 Å². The summed E-state index contributed by atoms with van der Waals surface area (Å²) >= 11 is 3.02. The number of carbonyl (C=O) groups excluding carboxylic acids is 1. The van der Waals surface area contributed by atoms with Gasteiger partial charge in [-0.2, -0.15) is 0 Å². The van der Waals surface area contributed by atoms with Gasteiger partial charge in [-0.1, -0.05) is 36.2 Å². The van der Waals surface area contributed by atoms with E-state index >= 15 is 0 Å². The minimum Gasteiger partial charge on any atom is -0.462 e. The maximum atomic E-state index is 14.1. The van der Waals surface area contributed by atoms with Crippen molar-refractivity contribution < 1.29 is 22.3 Å². The number of hydrogen-bond donors (Lipinski definition) is 1. The summed E-state index contributed by atoms with van der Waals surface area (Å²) in [5, 5.41) is 4.92. The fourth-order valence-corrected chi connectivity index (χ4v) is 3.05. The van der Waals surface area contributed by atoms with Gasteiger partial charge in [-0.05, 0) is 24.5 Å². The molecule has 0 aliphatic carbocycles. The van der Waals surface area contributed by atoms with Crippen molar-refractivity contribution in [1.82, 2.24) is 0 Å². The third-order valence-corrected chi connectivity index (χ3v) is 4.18. The predicted octanol–water partition coefficient (Wildman–Crippen LogP) is 2.83. The average Bonchev–Trinajstić information content (AvgIpc) is 2.37. The summed E-state index contributed by atoms with van der Waals surface area (Å²) in [4.78, 5) is 11.1. The Labute approximate surface area is 131 Å². The third kappa shape index (κ3) is 5.05. The van der Waals surface area contributed by atoms with E-state index < -0.39 is 32.3 Å².